The van der Waals surface area contributed by atoms with Crippen molar-refractivity contribution in [3.05, 3.63) is 10.4 Å². The van der Waals surface area contributed by atoms with Gasteiger partial charge in [-0.2, -0.15) is 0 Å². The maximum atomic E-state index is 11.2. The smallest absolute Gasteiger partial charge is 0.0816 e. The summed E-state index contributed by atoms with van der Waals surface area (Å²) in [5.41, 5.74) is 0.730. The van der Waals surface area contributed by atoms with E-state index in [4.69, 9.17) is 0 Å². The second-order valence-electron chi connectivity index (χ2n) is 12.0. The lowest BCUT2D eigenvalue weighted by atomic mass is 9.93. The molecular formula is C20H45N4O2-. The van der Waals surface area contributed by atoms with Crippen molar-refractivity contribution >= 4 is 0 Å². The van der Waals surface area contributed by atoms with Gasteiger partial charge < -0.3 is 15.7 Å². The van der Waals surface area contributed by atoms with Crippen LogP contribution >= 0.6 is 0 Å². The largest absolute Gasteiger partial charge is 0.737 e. The Labute approximate surface area is 162 Å². The average Bonchev–Trinajstić information content (AvgIpc) is 2.31. The van der Waals surface area contributed by atoms with E-state index in [1.165, 1.54) is 5.01 Å². The molecule has 0 saturated heterocycles. The molecule has 0 heterocycles. The number of nitrogens with zero attached hydrogens (tertiary/aromatic N) is 3. The van der Waals surface area contributed by atoms with Gasteiger partial charge in [0, 0.05) is 18.1 Å². The fourth-order valence-electron chi connectivity index (χ4n) is 2.14. The topological polar surface area (TPSA) is 76.8 Å². The number of hydrogen-bond donors (Lipinski definition) is 1. The van der Waals surface area contributed by atoms with Gasteiger partial charge in [0.25, 0.3) is 0 Å². The third kappa shape index (κ3) is 21.0. The van der Waals surface area contributed by atoms with Crippen LogP contribution in [0.25, 0.3) is 0 Å². The van der Waals surface area contributed by atoms with E-state index in [2.05, 4.69) is 52.1 Å². The fourth-order valence-corrected chi connectivity index (χ4v) is 2.14. The van der Waals surface area contributed by atoms with Gasteiger partial charge in [0.15, 0.2) is 0 Å². The highest BCUT2D eigenvalue weighted by Gasteiger charge is 2.26. The monoisotopic (exact) mass is 373 g/mol. The van der Waals surface area contributed by atoms with Crippen LogP contribution in [0.1, 0.15) is 83.1 Å². The molecule has 0 amide bonds. The summed E-state index contributed by atoms with van der Waals surface area (Å²) >= 11 is 0. The number of hydrogen-bond acceptors (Lipinski definition) is 4. The standard InChI is InChI=1S/C10H23N3O2.C10H23N/c1-9(2,3)7-12(13(15)11-14)8-10(4,5)6;1-9(2,3)7-11-8-10(4,5)6/h14H,7-8H2,1-6H3;11H,7-8H2,1-6H3/p-1/b13-11-;. The summed E-state index contributed by atoms with van der Waals surface area (Å²) in [7, 11) is 0. The zero-order valence-corrected chi connectivity index (χ0v) is 19.5. The van der Waals surface area contributed by atoms with E-state index >= 15 is 0 Å². The molecule has 158 valence electrons. The van der Waals surface area contributed by atoms with Gasteiger partial charge in [-0.05, 0) is 26.9 Å². The Hall–Kier alpha value is -1.04. The Morgan fingerprint density at radius 1 is 0.692 bits per heavy atom. The van der Waals surface area contributed by atoms with Crippen LogP contribution in [0.15, 0.2) is 5.28 Å². The molecule has 0 aromatic heterocycles. The lowest BCUT2D eigenvalue weighted by molar-refractivity contribution is -0.695. The van der Waals surface area contributed by atoms with Crippen LogP contribution in [0, 0.1) is 32.1 Å². The molecule has 0 unspecified atom stereocenters. The molecule has 6 heteroatoms. The quantitative estimate of drug-likeness (QED) is 0.396. The van der Waals surface area contributed by atoms with Crippen LogP contribution in [0.4, 0.5) is 0 Å². The first-order valence-electron chi connectivity index (χ1n) is 9.52. The van der Waals surface area contributed by atoms with E-state index < -0.39 is 0 Å². The number of hydrazine groups is 1. The second kappa shape index (κ2) is 10.3. The summed E-state index contributed by atoms with van der Waals surface area (Å²) in [4.78, 5) is 0.149. The van der Waals surface area contributed by atoms with Gasteiger partial charge in [-0.25, -0.2) is 0 Å². The minimum absolute atomic E-state index is 0.0431. The Balaban J connectivity index is 0. The van der Waals surface area contributed by atoms with E-state index in [0.717, 1.165) is 13.1 Å². The van der Waals surface area contributed by atoms with Gasteiger partial charge in [-0.1, -0.05) is 83.1 Å². The molecule has 0 atom stereocenters. The van der Waals surface area contributed by atoms with Crippen molar-refractivity contribution in [1.29, 1.82) is 0 Å². The van der Waals surface area contributed by atoms with Gasteiger partial charge >= 0.3 is 0 Å². The van der Waals surface area contributed by atoms with E-state index in [-0.39, 0.29) is 15.8 Å². The van der Waals surface area contributed by atoms with Gasteiger partial charge in [0.2, 0.25) is 0 Å². The van der Waals surface area contributed by atoms with Crippen molar-refractivity contribution in [2.24, 2.45) is 26.9 Å². The van der Waals surface area contributed by atoms with E-state index in [0.29, 0.717) is 23.9 Å². The second-order valence-corrected chi connectivity index (χ2v) is 12.0. The van der Waals surface area contributed by atoms with Crippen LogP contribution in [0.5, 0.6) is 0 Å². The van der Waals surface area contributed by atoms with Crippen LogP contribution < -0.4 is 5.32 Å². The Bertz CT molecular complexity index is 377. The van der Waals surface area contributed by atoms with Gasteiger partial charge in [0.05, 0.1) is 13.1 Å². The lowest BCUT2D eigenvalue weighted by Gasteiger charge is -2.31. The Morgan fingerprint density at radius 3 is 1.19 bits per heavy atom. The minimum Gasteiger partial charge on any atom is -0.737 e. The molecule has 0 aliphatic rings. The van der Waals surface area contributed by atoms with Crippen LogP contribution in [0.3, 0.4) is 0 Å². The molecule has 1 N–H and O–H groups in total. The molecule has 6 nitrogen and oxygen atoms in total. The zero-order chi connectivity index (χ0) is 21.4. The average molecular weight is 374 g/mol. The summed E-state index contributed by atoms with van der Waals surface area (Å²) in [6.45, 7) is 28.8. The van der Waals surface area contributed by atoms with E-state index in [1.807, 2.05) is 41.5 Å². The van der Waals surface area contributed by atoms with E-state index in [1.54, 1.807) is 0 Å². The van der Waals surface area contributed by atoms with Crippen molar-refractivity contribution in [3.63, 3.8) is 0 Å². The molecule has 0 aliphatic heterocycles. The first-order valence-corrected chi connectivity index (χ1v) is 9.52. The molecule has 26 heavy (non-hydrogen) atoms. The van der Waals surface area contributed by atoms with Gasteiger partial charge in [-0.15, -0.1) is 5.01 Å². The van der Waals surface area contributed by atoms with Crippen molar-refractivity contribution in [2.75, 3.05) is 26.2 Å². The van der Waals surface area contributed by atoms with Crippen LogP contribution in [-0.2, 0) is 0 Å². The first kappa shape index (κ1) is 27.2. The normalized spacial score (nSPS) is 13.9. The van der Waals surface area contributed by atoms with Crippen molar-refractivity contribution < 1.29 is 4.97 Å². The SMILES string of the molecule is CC(C)(C)CN(CC(C)(C)C)/[N+]([O-])=N/[O-].CC(C)(C)CNCC(C)(C)C. The number of rotatable bonds is 5. The van der Waals surface area contributed by atoms with Crippen LogP contribution in [-0.4, -0.2) is 36.2 Å². The maximum Gasteiger partial charge on any atom is 0.0816 e. The third-order valence-electron chi connectivity index (χ3n) is 2.94. The molecular weight excluding hydrogens is 328 g/mol. The highest BCUT2D eigenvalue weighted by molar-refractivity contribution is 4.70. The van der Waals surface area contributed by atoms with Gasteiger partial charge in [0.1, 0.15) is 0 Å². The molecule has 0 aliphatic carbocycles. The molecule has 0 bridgehead atoms. The highest BCUT2D eigenvalue weighted by Crippen LogP contribution is 2.21. The molecule has 0 aromatic carbocycles. The predicted octanol–water partition coefficient (Wildman–Crippen LogP) is 5.42. The zero-order valence-electron chi connectivity index (χ0n) is 19.5. The summed E-state index contributed by atoms with van der Waals surface area (Å²) in [6, 6.07) is 0. The van der Waals surface area contributed by atoms with Gasteiger partial charge in [-0.3, -0.25) is 0 Å². The molecule has 0 fully saturated rings. The third-order valence-corrected chi connectivity index (χ3v) is 2.94. The summed E-state index contributed by atoms with van der Waals surface area (Å²) < 4.78 is 0. The number of nitrogens with one attached hydrogen (secondary N) is 1. The Morgan fingerprint density at radius 2 is 1.00 bits per heavy atom. The Kier molecular flexibility index (Phi) is 10.8. The summed E-state index contributed by atoms with van der Waals surface area (Å²) in [5.74, 6) is 0. The van der Waals surface area contributed by atoms with Crippen molar-refractivity contribution in [2.45, 2.75) is 83.1 Å². The predicted molar refractivity (Wildman–Crippen MR) is 112 cm³/mol. The van der Waals surface area contributed by atoms with Crippen molar-refractivity contribution in [1.82, 2.24) is 10.3 Å². The van der Waals surface area contributed by atoms with Crippen LogP contribution in [0.2, 0.25) is 0 Å². The fraction of sp³-hybridized carbons (Fsp3) is 1.00. The van der Waals surface area contributed by atoms with E-state index in [9.17, 15) is 10.4 Å². The maximum absolute atomic E-state index is 11.2. The van der Waals surface area contributed by atoms with Crippen molar-refractivity contribution in [3.8, 4) is 0 Å². The molecule has 0 aromatic rings. The minimum atomic E-state index is -0.0431. The summed E-state index contributed by atoms with van der Waals surface area (Å²) in [5, 5.41) is 28.8. The molecule has 0 radical (unpaired) electrons. The molecule has 0 rings (SSSR count). The first-order chi connectivity index (χ1) is 11.3. The summed E-state index contributed by atoms with van der Waals surface area (Å²) in [6.07, 6.45) is 0. The lowest BCUT2D eigenvalue weighted by Crippen LogP contribution is -2.42. The molecule has 0 spiro atoms. The molecule has 0 saturated carbocycles. The highest BCUT2D eigenvalue weighted by atomic mass is 16.6.